The number of rotatable bonds is 8. The Bertz CT molecular complexity index is 1140. The zero-order valence-corrected chi connectivity index (χ0v) is 19.1. The number of hydrogen-bond donors (Lipinski definition) is 1. The van der Waals surface area contributed by atoms with Gasteiger partial charge in [-0.25, -0.2) is 0 Å². The lowest BCUT2D eigenvalue weighted by Crippen LogP contribution is -2.64. The monoisotopic (exact) mass is 448 g/mol. The molecule has 0 aliphatic carbocycles. The number of fused-ring (bicyclic) bond motifs is 1. The van der Waals surface area contributed by atoms with Crippen LogP contribution in [0.15, 0.2) is 60.7 Å². The lowest BCUT2D eigenvalue weighted by Gasteiger charge is -2.43. The van der Waals surface area contributed by atoms with Gasteiger partial charge in [0.05, 0.1) is 26.0 Å². The third-order valence-corrected chi connectivity index (χ3v) is 6.01. The largest absolute Gasteiger partial charge is 0.496 e. The Morgan fingerprint density at radius 3 is 2.58 bits per heavy atom. The highest BCUT2D eigenvalue weighted by molar-refractivity contribution is 6.00. The van der Waals surface area contributed by atoms with Crippen molar-refractivity contribution < 1.29 is 19.1 Å². The van der Waals surface area contributed by atoms with E-state index < -0.39 is 5.54 Å². The van der Waals surface area contributed by atoms with Crippen molar-refractivity contribution in [1.29, 1.82) is 0 Å². The number of hydrogen-bond acceptors (Lipinski definition) is 5. The van der Waals surface area contributed by atoms with Crippen LogP contribution in [0.1, 0.15) is 23.0 Å². The summed E-state index contributed by atoms with van der Waals surface area (Å²) in [6, 6.07) is 19.0. The van der Waals surface area contributed by atoms with E-state index in [1.54, 1.807) is 36.8 Å². The van der Waals surface area contributed by atoms with Gasteiger partial charge in [0.25, 0.3) is 5.91 Å². The number of nitrogens with zero attached hydrogens (tertiary/aromatic N) is 3. The molecule has 0 spiro atoms. The molecule has 33 heavy (non-hydrogen) atoms. The summed E-state index contributed by atoms with van der Waals surface area (Å²) in [5, 5.41) is 7.63. The summed E-state index contributed by atoms with van der Waals surface area (Å²) in [4.78, 5) is 28.5. The van der Waals surface area contributed by atoms with E-state index in [0.29, 0.717) is 30.3 Å². The molecule has 0 unspecified atom stereocenters. The van der Waals surface area contributed by atoms with Crippen LogP contribution in [-0.2, 0) is 22.6 Å². The standard InChI is InChI=1S/C25H28N4O4/c1-25(24(31)26-16-19-11-7-8-12-22(19)33-3)17-29-21(23(30)28(25)13-14-32-2)15-20(27-29)18-9-5-4-6-10-18/h4-12,15H,13-14,16-17H2,1-3H3,(H,26,31)/t25-/m0/s1. The summed E-state index contributed by atoms with van der Waals surface area (Å²) in [5.41, 5.74) is 1.79. The van der Waals surface area contributed by atoms with E-state index >= 15 is 0 Å². The zero-order chi connectivity index (χ0) is 23.4. The van der Waals surface area contributed by atoms with Gasteiger partial charge >= 0.3 is 0 Å². The Hall–Kier alpha value is -3.65. The van der Waals surface area contributed by atoms with Gasteiger partial charge < -0.3 is 19.7 Å². The first-order chi connectivity index (χ1) is 16.0. The minimum Gasteiger partial charge on any atom is -0.496 e. The summed E-state index contributed by atoms with van der Waals surface area (Å²) in [7, 11) is 3.17. The number of carbonyl (C=O) groups excluding carboxylic acids is 2. The lowest BCUT2D eigenvalue weighted by molar-refractivity contribution is -0.133. The second kappa shape index (κ2) is 9.46. The summed E-state index contributed by atoms with van der Waals surface area (Å²) in [6.45, 7) is 2.90. The maximum atomic E-state index is 13.5. The molecule has 2 amide bonds. The molecular weight excluding hydrogens is 420 g/mol. The Morgan fingerprint density at radius 1 is 1.12 bits per heavy atom. The van der Waals surface area contributed by atoms with Gasteiger partial charge in [-0.1, -0.05) is 48.5 Å². The van der Waals surface area contributed by atoms with E-state index in [2.05, 4.69) is 10.4 Å². The number of methoxy groups -OCH3 is 2. The van der Waals surface area contributed by atoms with Gasteiger partial charge in [0.15, 0.2) is 0 Å². The van der Waals surface area contributed by atoms with Crippen LogP contribution in [0.2, 0.25) is 0 Å². The van der Waals surface area contributed by atoms with Gasteiger partial charge in [-0.05, 0) is 19.1 Å². The molecule has 1 aliphatic rings. The van der Waals surface area contributed by atoms with Crippen molar-refractivity contribution >= 4 is 11.8 Å². The lowest BCUT2D eigenvalue weighted by atomic mass is 9.94. The van der Waals surface area contributed by atoms with Gasteiger partial charge in [-0.3, -0.25) is 14.3 Å². The number of carbonyl (C=O) groups is 2. The minimum atomic E-state index is -1.13. The van der Waals surface area contributed by atoms with Crippen molar-refractivity contribution in [2.24, 2.45) is 0 Å². The highest BCUT2D eigenvalue weighted by Crippen LogP contribution is 2.30. The summed E-state index contributed by atoms with van der Waals surface area (Å²) >= 11 is 0. The van der Waals surface area contributed by atoms with Crippen molar-refractivity contribution in [3.05, 3.63) is 71.9 Å². The molecule has 2 heterocycles. The molecule has 0 bridgehead atoms. The highest BCUT2D eigenvalue weighted by Gasteiger charge is 2.47. The molecule has 0 fully saturated rings. The van der Waals surface area contributed by atoms with Crippen LogP contribution in [0.4, 0.5) is 0 Å². The van der Waals surface area contributed by atoms with E-state index in [1.165, 1.54) is 0 Å². The Balaban J connectivity index is 1.63. The smallest absolute Gasteiger partial charge is 0.273 e. The molecule has 0 saturated heterocycles. The number of ether oxygens (including phenoxy) is 2. The molecule has 2 aromatic carbocycles. The normalized spacial score (nSPS) is 17.5. The van der Waals surface area contributed by atoms with E-state index in [4.69, 9.17) is 9.47 Å². The molecule has 1 N–H and O–H groups in total. The number of amides is 2. The first kappa shape index (κ1) is 22.5. The fourth-order valence-electron chi connectivity index (χ4n) is 4.14. The average Bonchev–Trinajstić information content (AvgIpc) is 3.27. The maximum Gasteiger partial charge on any atom is 0.273 e. The minimum absolute atomic E-state index is 0.238. The number of aromatic nitrogens is 2. The first-order valence-corrected chi connectivity index (χ1v) is 10.8. The van der Waals surface area contributed by atoms with Crippen molar-refractivity contribution in [3.63, 3.8) is 0 Å². The highest BCUT2D eigenvalue weighted by atomic mass is 16.5. The summed E-state index contributed by atoms with van der Waals surface area (Å²) in [6.07, 6.45) is 0. The molecule has 1 aromatic heterocycles. The third-order valence-electron chi connectivity index (χ3n) is 6.01. The quantitative estimate of drug-likeness (QED) is 0.573. The zero-order valence-electron chi connectivity index (χ0n) is 19.1. The van der Waals surface area contributed by atoms with Crippen LogP contribution in [0.25, 0.3) is 11.3 Å². The SMILES string of the molecule is COCCN1C(=O)c2cc(-c3ccccc3)nn2C[C@@]1(C)C(=O)NCc1ccccc1OC. The predicted molar refractivity (Wildman–Crippen MR) is 124 cm³/mol. The summed E-state index contributed by atoms with van der Waals surface area (Å²) < 4.78 is 12.2. The van der Waals surface area contributed by atoms with Crippen molar-refractivity contribution in [2.75, 3.05) is 27.4 Å². The van der Waals surface area contributed by atoms with Crippen molar-refractivity contribution in [3.8, 4) is 17.0 Å². The Kier molecular flexibility index (Phi) is 6.46. The number of benzene rings is 2. The molecule has 1 aliphatic heterocycles. The fraction of sp³-hybridized carbons (Fsp3) is 0.320. The molecular formula is C25H28N4O4. The second-order valence-corrected chi connectivity index (χ2v) is 8.16. The molecule has 172 valence electrons. The first-order valence-electron chi connectivity index (χ1n) is 10.8. The molecule has 4 rings (SSSR count). The average molecular weight is 449 g/mol. The number of nitrogens with one attached hydrogen (secondary N) is 1. The Morgan fingerprint density at radius 2 is 1.85 bits per heavy atom. The molecule has 3 aromatic rings. The molecule has 0 radical (unpaired) electrons. The van der Waals surface area contributed by atoms with E-state index in [0.717, 1.165) is 11.1 Å². The van der Waals surface area contributed by atoms with Crippen LogP contribution in [0, 0.1) is 0 Å². The van der Waals surface area contributed by atoms with E-state index in [1.807, 2.05) is 54.6 Å². The fourth-order valence-corrected chi connectivity index (χ4v) is 4.14. The van der Waals surface area contributed by atoms with E-state index in [9.17, 15) is 9.59 Å². The van der Waals surface area contributed by atoms with Gasteiger partial charge in [-0.2, -0.15) is 5.10 Å². The van der Waals surface area contributed by atoms with Gasteiger partial charge in [-0.15, -0.1) is 0 Å². The van der Waals surface area contributed by atoms with Crippen LogP contribution >= 0.6 is 0 Å². The van der Waals surface area contributed by atoms with Gasteiger partial charge in [0, 0.05) is 31.3 Å². The maximum absolute atomic E-state index is 13.5. The van der Waals surface area contributed by atoms with Gasteiger partial charge in [0.2, 0.25) is 5.91 Å². The van der Waals surface area contributed by atoms with E-state index in [-0.39, 0.29) is 24.9 Å². The van der Waals surface area contributed by atoms with Crippen molar-refractivity contribution in [2.45, 2.75) is 25.6 Å². The molecule has 1 atom stereocenters. The summed E-state index contributed by atoms with van der Waals surface area (Å²) in [5.74, 6) is 0.184. The molecule has 8 heteroatoms. The predicted octanol–water partition coefficient (Wildman–Crippen LogP) is 2.74. The topological polar surface area (TPSA) is 85.7 Å². The van der Waals surface area contributed by atoms with Crippen LogP contribution in [0.3, 0.4) is 0 Å². The molecule has 8 nitrogen and oxygen atoms in total. The van der Waals surface area contributed by atoms with Crippen LogP contribution in [-0.4, -0.2) is 59.4 Å². The van der Waals surface area contributed by atoms with Gasteiger partial charge in [0.1, 0.15) is 17.0 Å². The molecule has 0 saturated carbocycles. The third kappa shape index (κ3) is 4.34. The van der Waals surface area contributed by atoms with Crippen molar-refractivity contribution in [1.82, 2.24) is 20.0 Å². The second-order valence-electron chi connectivity index (χ2n) is 8.16. The Labute approximate surface area is 193 Å². The number of para-hydroxylation sites is 1. The van der Waals surface area contributed by atoms with Crippen LogP contribution in [0.5, 0.6) is 5.75 Å². The van der Waals surface area contributed by atoms with Crippen LogP contribution < -0.4 is 10.1 Å².